The first-order chi connectivity index (χ1) is 21.0. The summed E-state index contributed by atoms with van der Waals surface area (Å²) in [4.78, 5) is 16.0. The van der Waals surface area contributed by atoms with Crippen LogP contribution in [0.1, 0.15) is 49.3 Å². The van der Waals surface area contributed by atoms with E-state index in [0.717, 1.165) is 38.8 Å². The van der Waals surface area contributed by atoms with E-state index in [-0.39, 0.29) is 47.4 Å². The molecule has 1 aromatic carbocycles. The maximum absolute atomic E-state index is 16.6. The van der Waals surface area contributed by atoms with E-state index >= 15 is 4.39 Å². The third-order valence-corrected chi connectivity index (χ3v) is 9.51. The van der Waals surface area contributed by atoms with E-state index in [1.807, 2.05) is 14.0 Å². The Balaban J connectivity index is 1.57. The summed E-state index contributed by atoms with van der Waals surface area (Å²) >= 11 is 0. The van der Waals surface area contributed by atoms with Crippen molar-refractivity contribution >= 4 is 22.5 Å². The minimum atomic E-state index is -5.27. The summed E-state index contributed by atoms with van der Waals surface area (Å²) in [6.07, 6.45) is -6.67. The molecule has 3 atom stereocenters. The molecule has 1 spiro atoms. The van der Waals surface area contributed by atoms with E-state index < -0.39 is 57.5 Å². The summed E-state index contributed by atoms with van der Waals surface area (Å²) in [6.45, 7) is 4.64. The highest BCUT2D eigenvalue weighted by Gasteiger charge is 2.51. The molecule has 3 aliphatic rings. The molecule has 8 nitrogen and oxygen atoms in total. The molecule has 0 amide bonds. The Kier molecular flexibility index (Phi) is 7.58. The molecule has 3 fully saturated rings. The second-order valence-electron chi connectivity index (χ2n) is 12.7. The highest BCUT2D eigenvalue weighted by molar-refractivity contribution is 5.95. The van der Waals surface area contributed by atoms with Gasteiger partial charge in [-0.25, -0.2) is 9.37 Å². The van der Waals surface area contributed by atoms with Gasteiger partial charge in [0.1, 0.15) is 23.8 Å². The third-order valence-electron chi connectivity index (χ3n) is 9.51. The first-order valence-corrected chi connectivity index (χ1v) is 14.7. The zero-order valence-corrected chi connectivity index (χ0v) is 25.2. The molecule has 3 N–H and O–H groups in total. The van der Waals surface area contributed by atoms with Crippen molar-refractivity contribution in [2.24, 2.45) is 5.41 Å². The van der Waals surface area contributed by atoms with Crippen molar-refractivity contribution in [1.82, 2.24) is 25.2 Å². The zero-order chi connectivity index (χ0) is 32.6. The van der Waals surface area contributed by atoms with Crippen LogP contribution in [0, 0.1) is 18.2 Å². The molecule has 244 valence electrons. The van der Waals surface area contributed by atoms with Crippen LogP contribution < -0.4 is 20.7 Å². The van der Waals surface area contributed by atoms with E-state index in [4.69, 9.17) is 10.5 Å². The normalized spacial score (nSPS) is 23.3. The number of likely N-dealkylation sites (N-methyl/N-ethyl adjacent to an activating group) is 2. The summed E-state index contributed by atoms with van der Waals surface area (Å²) in [5, 5.41) is 2.95. The Labute approximate surface area is 255 Å². The number of halogens is 7. The molecular formula is C30H34F7N7O. The molecule has 2 saturated heterocycles. The Morgan fingerprint density at radius 3 is 2.40 bits per heavy atom. The van der Waals surface area contributed by atoms with Gasteiger partial charge in [-0.15, -0.1) is 0 Å². The zero-order valence-electron chi connectivity index (χ0n) is 25.2. The van der Waals surface area contributed by atoms with Gasteiger partial charge in [0.2, 0.25) is 0 Å². The molecule has 2 aliphatic heterocycles. The Bertz CT molecular complexity index is 1640. The van der Waals surface area contributed by atoms with Crippen molar-refractivity contribution in [2.45, 2.75) is 70.0 Å². The van der Waals surface area contributed by atoms with Gasteiger partial charge in [-0.1, -0.05) is 0 Å². The van der Waals surface area contributed by atoms with E-state index in [2.05, 4.69) is 25.2 Å². The molecule has 1 saturated carbocycles. The van der Waals surface area contributed by atoms with Crippen LogP contribution in [0.2, 0.25) is 0 Å². The summed E-state index contributed by atoms with van der Waals surface area (Å²) in [5.74, 6) is -2.15. The van der Waals surface area contributed by atoms with Crippen molar-refractivity contribution in [2.75, 3.05) is 44.4 Å². The van der Waals surface area contributed by atoms with E-state index in [1.54, 1.807) is 11.9 Å². The van der Waals surface area contributed by atoms with Crippen molar-refractivity contribution < 1.29 is 35.5 Å². The number of hydrogen-bond acceptors (Lipinski definition) is 8. The smallest absolute Gasteiger partial charge is 0.418 e. The molecule has 0 unspecified atom stereocenters. The van der Waals surface area contributed by atoms with Gasteiger partial charge >= 0.3 is 18.4 Å². The van der Waals surface area contributed by atoms with Gasteiger partial charge in [0.15, 0.2) is 5.82 Å². The second kappa shape index (κ2) is 10.8. The summed E-state index contributed by atoms with van der Waals surface area (Å²) in [7, 11) is 3.60. The molecular weight excluding hydrogens is 607 g/mol. The molecule has 0 bridgehead atoms. The monoisotopic (exact) mass is 641 g/mol. The number of hydrogen-bond donors (Lipinski definition) is 2. The Hall–Kier alpha value is -3.46. The Morgan fingerprint density at radius 2 is 1.82 bits per heavy atom. The van der Waals surface area contributed by atoms with Gasteiger partial charge in [0.05, 0.1) is 22.4 Å². The number of alkyl halides is 6. The molecule has 3 aromatic rings. The highest BCUT2D eigenvalue weighted by atomic mass is 19.4. The van der Waals surface area contributed by atoms with Crippen molar-refractivity contribution in [3.63, 3.8) is 0 Å². The van der Waals surface area contributed by atoms with Crippen molar-refractivity contribution in [3.8, 4) is 17.3 Å². The van der Waals surface area contributed by atoms with Crippen LogP contribution in [-0.4, -0.2) is 71.8 Å². The first-order valence-electron chi connectivity index (χ1n) is 14.7. The van der Waals surface area contributed by atoms with E-state index in [9.17, 15) is 26.3 Å². The number of anilines is 2. The van der Waals surface area contributed by atoms with Gasteiger partial charge in [0.25, 0.3) is 0 Å². The third kappa shape index (κ3) is 5.73. The molecule has 1 aliphatic carbocycles. The number of aryl methyl sites for hydroxylation is 1. The summed E-state index contributed by atoms with van der Waals surface area (Å²) in [5.41, 5.74) is -0.987. The molecule has 6 rings (SSSR count). The van der Waals surface area contributed by atoms with Crippen molar-refractivity contribution in [3.05, 3.63) is 34.6 Å². The number of nitrogens with two attached hydrogens (primary N) is 1. The lowest BCUT2D eigenvalue weighted by Gasteiger charge is -2.30. The molecule has 2 aromatic heterocycles. The highest BCUT2D eigenvalue weighted by Crippen LogP contribution is 2.54. The maximum atomic E-state index is 16.6. The number of pyridine rings is 1. The van der Waals surface area contributed by atoms with Crippen LogP contribution >= 0.6 is 0 Å². The number of benzene rings is 1. The number of fused-ring (bicyclic) bond motifs is 1. The molecule has 4 heterocycles. The van der Waals surface area contributed by atoms with Gasteiger partial charge in [-0.3, -0.25) is 4.90 Å². The van der Waals surface area contributed by atoms with Crippen LogP contribution in [0.15, 0.2) is 12.1 Å². The first kappa shape index (κ1) is 31.5. The lowest BCUT2D eigenvalue weighted by atomic mass is 9.94. The minimum absolute atomic E-state index is 0.0221. The number of rotatable bonds is 6. The standard InChI is InChI=1S/C30H34F7N7O/c1-14-9-20(38)40-25(22(14)30(35,36)37)21-18(29(32,33)34)10-17-24(23(21)31)41-27(42-26(17)44(4)19-5-8-39-15(19)2)45-12-16-11-28(6-7-28)13-43(16)3/h9-10,15-16,19,39H,5-8,11-13H2,1-4H3,(H2,38,40)/t15-,16+,19-/m1/s1. The van der Waals surface area contributed by atoms with Gasteiger partial charge < -0.3 is 20.7 Å². The fourth-order valence-corrected chi connectivity index (χ4v) is 7.02. The number of nitrogen functional groups attached to an aromatic ring is 1. The lowest BCUT2D eigenvalue weighted by Crippen LogP contribution is -2.40. The van der Waals surface area contributed by atoms with Crippen molar-refractivity contribution in [1.29, 1.82) is 0 Å². The van der Waals surface area contributed by atoms with Crippen LogP contribution in [0.5, 0.6) is 6.01 Å². The fraction of sp³-hybridized carbons (Fsp3) is 0.567. The average Bonchev–Trinajstić information content (AvgIpc) is 3.41. The number of aromatic nitrogens is 3. The number of nitrogens with one attached hydrogen (secondary N) is 1. The minimum Gasteiger partial charge on any atom is -0.462 e. The summed E-state index contributed by atoms with van der Waals surface area (Å²) in [6, 6.07) is 0.908. The largest absolute Gasteiger partial charge is 0.462 e. The van der Waals surface area contributed by atoms with Gasteiger partial charge in [-0.2, -0.15) is 36.3 Å². The average molecular weight is 642 g/mol. The molecule has 0 radical (unpaired) electrons. The number of nitrogens with zero attached hydrogens (tertiary/aromatic N) is 5. The quantitative estimate of drug-likeness (QED) is 0.326. The van der Waals surface area contributed by atoms with Crippen LogP contribution in [0.25, 0.3) is 22.2 Å². The fourth-order valence-electron chi connectivity index (χ4n) is 7.02. The Morgan fingerprint density at radius 1 is 1.11 bits per heavy atom. The van der Waals surface area contributed by atoms with E-state index in [0.29, 0.717) is 19.0 Å². The lowest BCUT2D eigenvalue weighted by molar-refractivity contribution is -0.139. The predicted molar refractivity (Wildman–Crippen MR) is 154 cm³/mol. The summed E-state index contributed by atoms with van der Waals surface area (Å²) < 4.78 is 109. The second-order valence-corrected chi connectivity index (χ2v) is 12.7. The van der Waals surface area contributed by atoms with Crippen LogP contribution in [0.3, 0.4) is 0 Å². The van der Waals surface area contributed by atoms with Crippen LogP contribution in [-0.2, 0) is 12.4 Å². The van der Waals surface area contributed by atoms with Gasteiger partial charge in [-0.05, 0) is 76.2 Å². The number of ether oxygens (including phenoxy) is 1. The maximum Gasteiger partial charge on any atom is 0.418 e. The molecule has 45 heavy (non-hydrogen) atoms. The van der Waals surface area contributed by atoms with Gasteiger partial charge in [0, 0.05) is 37.1 Å². The van der Waals surface area contributed by atoms with Crippen LogP contribution in [0.4, 0.5) is 42.4 Å². The SMILES string of the molecule is Cc1cc(N)nc(-c2c(C(F)(F)F)cc3c(N(C)[C@@H]4CCN[C@@H]4C)nc(OC[C@@H]4CC5(CC5)CN4C)nc3c2F)c1C(F)(F)F. The number of likely N-dealkylation sites (tertiary alicyclic amines) is 1. The predicted octanol–water partition coefficient (Wildman–Crippen LogP) is 5.81. The topological polar surface area (TPSA) is 92.4 Å². The molecule has 15 heteroatoms. The van der Waals surface area contributed by atoms with E-state index in [1.165, 1.54) is 0 Å².